The molecule has 146 valence electrons. The van der Waals surface area contributed by atoms with Crippen molar-refractivity contribution in [1.82, 2.24) is 9.97 Å². The Hall–Kier alpha value is -1.81. The molecule has 0 saturated heterocycles. The third-order valence-corrected chi connectivity index (χ3v) is 6.06. The van der Waals surface area contributed by atoms with Crippen molar-refractivity contribution >= 4 is 23.2 Å². The van der Waals surface area contributed by atoms with E-state index in [9.17, 15) is 0 Å². The van der Waals surface area contributed by atoms with Crippen molar-refractivity contribution in [3.05, 3.63) is 47.8 Å². The Bertz CT molecular complexity index is 701. The third-order valence-electron chi connectivity index (χ3n) is 5.62. The summed E-state index contributed by atoms with van der Waals surface area (Å²) in [6.07, 6.45) is 9.52. The van der Waals surface area contributed by atoms with E-state index in [-0.39, 0.29) is 6.04 Å². The van der Waals surface area contributed by atoms with Crippen LogP contribution in [0, 0.1) is 12.8 Å². The fourth-order valence-corrected chi connectivity index (χ4v) is 4.05. The van der Waals surface area contributed by atoms with Crippen molar-refractivity contribution in [3.8, 4) is 0 Å². The molecule has 4 nitrogen and oxygen atoms in total. The molecule has 1 aromatic heterocycles. The smallest absolute Gasteiger partial charge is 0.145 e. The summed E-state index contributed by atoms with van der Waals surface area (Å²) in [4.78, 5) is 9.08. The van der Waals surface area contributed by atoms with Crippen LogP contribution in [0.1, 0.15) is 63.1 Å². The number of benzene rings is 1. The zero-order valence-electron chi connectivity index (χ0n) is 16.6. The Morgan fingerprint density at radius 3 is 2.26 bits per heavy atom. The maximum atomic E-state index is 6.31. The van der Waals surface area contributed by atoms with Gasteiger partial charge in [0.05, 0.1) is 12.4 Å². The lowest BCUT2D eigenvalue weighted by Gasteiger charge is -2.24. The number of hydrogen-bond donors (Lipinski definition) is 2. The van der Waals surface area contributed by atoms with E-state index in [1.807, 2.05) is 12.4 Å². The summed E-state index contributed by atoms with van der Waals surface area (Å²) in [5, 5.41) is 7.30. The Kier molecular flexibility index (Phi) is 6.95. The largest absolute Gasteiger partial charge is 0.366 e. The molecule has 0 amide bonds. The molecule has 1 aromatic carbocycles. The van der Waals surface area contributed by atoms with Gasteiger partial charge in [-0.05, 0) is 57.9 Å². The first-order valence-corrected chi connectivity index (χ1v) is 10.5. The Balaban J connectivity index is 1.54. The van der Waals surface area contributed by atoms with Crippen molar-refractivity contribution in [2.24, 2.45) is 5.92 Å². The molecular weight excluding hydrogens is 356 g/mol. The lowest BCUT2D eigenvalue weighted by molar-refractivity contribution is 0.411. The van der Waals surface area contributed by atoms with Gasteiger partial charge in [-0.15, -0.1) is 11.6 Å². The average Bonchev–Trinajstić information content (AvgIpc) is 2.88. The number of hydrogen-bond acceptors (Lipinski definition) is 4. The molecule has 1 heterocycles. The molecule has 0 bridgehead atoms. The standard InChI is InChI=1S/C22H31ClN4/c1-15-7-9-19(10-8-15)17(3)27-22-14-24-21(13-25-22)26-16(2)18-5-4-6-20(23)12-11-18/h7-10,13-14,16-18,20H,4-6,11-12H2,1-3H3,(H,24,26)(H,25,27). The van der Waals surface area contributed by atoms with E-state index >= 15 is 0 Å². The van der Waals surface area contributed by atoms with Crippen molar-refractivity contribution in [2.75, 3.05) is 10.6 Å². The topological polar surface area (TPSA) is 49.8 Å². The van der Waals surface area contributed by atoms with Crippen molar-refractivity contribution < 1.29 is 0 Å². The second-order valence-corrected chi connectivity index (χ2v) is 8.48. The number of nitrogens with one attached hydrogen (secondary N) is 2. The summed E-state index contributed by atoms with van der Waals surface area (Å²) in [6.45, 7) is 6.48. The maximum Gasteiger partial charge on any atom is 0.145 e. The second kappa shape index (κ2) is 9.41. The summed E-state index contributed by atoms with van der Waals surface area (Å²) in [5.74, 6) is 2.28. The van der Waals surface area contributed by atoms with Gasteiger partial charge in [-0.3, -0.25) is 0 Å². The van der Waals surface area contributed by atoms with Gasteiger partial charge in [0, 0.05) is 17.5 Å². The van der Waals surface area contributed by atoms with Gasteiger partial charge in [0.25, 0.3) is 0 Å². The highest BCUT2D eigenvalue weighted by molar-refractivity contribution is 6.20. The SMILES string of the molecule is Cc1ccc(C(C)Nc2cnc(NC(C)C3CCCC(Cl)CC3)cn2)cc1. The van der Waals surface area contributed by atoms with Gasteiger partial charge < -0.3 is 10.6 Å². The van der Waals surface area contributed by atoms with E-state index in [1.54, 1.807) is 0 Å². The van der Waals surface area contributed by atoms with Crippen molar-refractivity contribution in [1.29, 1.82) is 0 Å². The van der Waals surface area contributed by atoms with Crippen LogP contribution in [0.3, 0.4) is 0 Å². The van der Waals surface area contributed by atoms with Crippen LogP contribution in [0.25, 0.3) is 0 Å². The molecule has 3 rings (SSSR count). The first-order valence-electron chi connectivity index (χ1n) is 10.1. The minimum Gasteiger partial charge on any atom is -0.366 e. The van der Waals surface area contributed by atoms with Crippen LogP contribution in [0.5, 0.6) is 0 Å². The molecular formula is C22H31ClN4. The molecule has 0 aliphatic heterocycles. The second-order valence-electron chi connectivity index (χ2n) is 7.86. The molecule has 4 unspecified atom stereocenters. The van der Waals surface area contributed by atoms with Crippen LogP contribution in [-0.2, 0) is 0 Å². The quantitative estimate of drug-likeness (QED) is 0.476. The van der Waals surface area contributed by atoms with Gasteiger partial charge in [-0.1, -0.05) is 36.2 Å². The van der Waals surface area contributed by atoms with Crippen LogP contribution < -0.4 is 10.6 Å². The molecule has 27 heavy (non-hydrogen) atoms. The van der Waals surface area contributed by atoms with Crippen LogP contribution in [0.2, 0.25) is 0 Å². The van der Waals surface area contributed by atoms with Gasteiger partial charge in [0.2, 0.25) is 0 Å². The lowest BCUT2D eigenvalue weighted by atomic mass is 9.93. The first-order chi connectivity index (χ1) is 13.0. The highest BCUT2D eigenvalue weighted by Crippen LogP contribution is 2.29. The van der Waals surface area contributed by atoms with E-state index in [2.05, 4.69) is 65.6 Å². The minimum atomic E-state index is 0.187. The summed E-state index contributed by atoms with van der Waals surface area (Å²) in [7, 11) is 0. The van der Waals surface area contributed by atoms with Gasteiger partial charge in [-0.2, -0.15) is 0 Å². The summed E-state index contributed by atoms with van der Waals surface area (Å²) >= 11 is 6.31. The van der Waals surface area contributed by atoms with Crippen molar-refractivity contribution in [2.45, 2.75) is 70.3 Å². The van der Waals surface area contributed by atoms with Gasteiger partial charge in [0.15, 0.2) is 0 Å². The molecule has 1 aliphatic rings. The predicted octanol–water partition coefficient (Wildman–Crippen LogP) is 5.95. The van der Waals surface area contributed by atoms with Gasteiger partial charge in [-0.25, -0.2) is 9.97 Å². The molecule has 1 saturated carbocycles. The number of rotatable bonds is 6. The molecule has 4 atom stereocenters. The molecule has 2 N–H and O–H groups in total. The summed E-state index contributed by atoms with van der Waals surface area (Å²) in [5.41, 5.74) is 2.51. The number of aryl methyl sites for hydroxylation is 1. The van der Waals surface area contributed by atoms with E-state index in [1.165, 1.54) is 30.4 Å². The number of anilines is 2. The summed E-state index contributed by atoms with van der Waals surface area (Å²) < 4.78 is 0. The Labute approximate surface area is 168 Å². The molecule has 0 radical (unpaired) electrons. The van der Waals surface area contributed by atoms with E-state index < -0.39 is 0 Å². The van der Waals surface area contributed by atoms with Crippen LogP contribution in [0.4, 0.5) is 11.6 Å². The zero-order valence-corrected chi connectivity index (χ0v) is 17.3. The predicted molar refractivity (Wildman–Crippen MR) is 115 cm³/mol. The molecule has 5 heteroatoms. The highest BCUT2D eigenvalue weighted by atomic mass is 35.5. The molecule has 0 spiro atoms. The first kappa shape index (κ1) is 19.9. The minimum absolute atomic E-state index is 0.187. The maximum absolute atomic E-state index is 6.31. The van der Waals surface area contributed by atoms with Crippen molar-refractivity contribution in [3.63, 3.8) is 0 Å². The monoisotopic (exact) mass is 386 g/mol. The normalized spacial score (nSPS) is 22.5. The third kappa shape index (κ3) is 5.83. The fourth-order valence-electron chi connectivity index (χ4n) is 3.77. The van der Waals surface area contributed by atoms with Crippen LogP contribution in [-0.4, -0.2) is 21.4 Å². The Morgan fingerprint density at radius 2 is 1.59 bits per heavy atom. The molecule has 2 aromatic rings. The number of aromatic nitrogens is 2. The Morgan fingerprint density at radius 1 is 0.926 bits per heavy atom. The molecule has 1 fully saturated rings. The highest BCUT2D eigenvalue weighted by Gasteiger charge is 2.22. The molecule has 1 aliphatic carbocycles. The summed E-state index contributed by atoms with van der Waals surface area (Å²) in [6, 6.07) is 9.13. The zero-order chi connectivity index (χ0) is 19.2. The van der Waals surface area contributed by atoms with Gasteiger partial charge in [0.1, 0.15) is 11.6 Å². The van der Waals surface area contributed by atoms with E-state index in [0.29, 0.717) is 17.3 Å². The van der Waals surface area contributed by atoms with Gasteiger partial charge >= 0.3 is 0 Å². The fraction of sp³-hybridized carbons (Fsp3) is 0.545. The van der Waals surface area contributed by atoms with E-state index in [4.69, 9.17) is 11.6 Å². The average molecular weight is 387 g/mol. The van der Waals surface area contributed by atoms with E-state index in [0.717, 1.165) is 24.5 Å². The number of nitrogens with zero attached hydrogens (tertiary/aromatic N) is 2. The van der Waals surface area contributed by atoms with Crippen LogP contribution in [0.15, 0.2) is 36.7 Å². The number of halogens is 1. The lowest BCUT2D eigenvalue weighted by Crippen LogP contribution is -2.26. The van der Waals surface area contributed by atoms with Crippen LogP contribution >= 0.6 is 11.6 Å². The number of alkyl halides is 1.